The Morgan fingerprint density at radius 3 is 2.94 bits per heavy atom. The molecule has 0 aliphatic carbocycles. The fraction of sp³-hybridized carbons (Fsp3) is 0.143. The molecule has 0 amide bonds. The molecular weight excluding hydrogens is 242 g/mol. The third kappa shape index (κ3) is 1.95. The number of anilines is 1. The van der Waals surface area contributed by atoms with E-state index in [1.807, 2.05) is 36.7 Å². The van der Waals surface area contributed by atoms with Gasteiger partial charge < -0.3 is 5.32 Å². The monoisotopic (exact) mass is 255 g/mol. The van der Waals surface area contributed by atoms with Crippen molar-refractivity contribution in [3.05, 3.63) is 42.7 Å². The molecule has 0 aliphatic rings. The minimum atomic E-state index is 0.893. The molecule has 0 saturated heterocycles. The molecule has 0 unspecified atom stereocenters. The molecule has 2 aromatic heterocycles. The molecule has 0 spiro atoms. The number of fused-ring (bicyclic) bond motifs is 1. The zero-order valence-electron chi connectivity index (χ0n) is 10.1. The van der Waals surface area contributed by atoms with Crippen LogP contribution in [0.4, 0.5) is 5.13 Å². The van der Waals surface area contributed by atoms with Crippen molar-refractivity contribution in [2.75, 3.05) is 11.9 Å². The maximum Gasteiger partial charge on any atom is 0.183 e. The van der Waals surface area contributed by atoms with Crippen LogP contribution in [-0.4, -0.2) is 16.5 Å². The number of hydrogen-bond donors (Lipinski definition) is 1. The van der Waals surface area contributed by atoms with Crippen molar-refractivity contribution in [2.24, 2.45) is 0 Å². The van der Waals surface area contributed by atoms with Gasteiger partial charge in [0.25, 0.3) is 0 Å². The maximum atomic E-state index is 4.38. The maximum absolute atomic E-state index is 4.38. The van der Waals surface area contributed by atoms with Crippen LogP contribution in [0.5, 0.6) is 0 Å². The van der Waals surface area contributed by atoms with E-state index in [-0.39, 0.29) is 0 Å². The lowest BCUT2D eigenvalue weighted by Crippen LogP contribution is -1.94. The molecule has 1 N–H and O–H groups in total. The molecule has 3 rings (SSSR count). The third-order valence-electron chi connectivity index (χ3n) is 2.75. The molecule has 18 heavy (non-hydrogen) atoms. The van der Waals surface area contributed by atoms with E-state index in [2.05, 4.69) is 28.3 Å². The number of thiazole rings is 1. The minimum absolute atomic E-state index is 0.893. The van der Waals surface area contributed by atoms with Gasteiger partial charge in [0.15, 0.2) is 5.13 Å². The van der Waals surface area contributed by atoms with Gasteiger partial charge in [-0.2, -0.15) is 0 Å². The summed E-state index contributed by atoms with van der Waals surface area (Å²) >= 11 is 1.68. The van der Waals surface area contributed by atoms with Crippen molar-refractivity contribution in [2.45, 2.75) is 6.92 Å². The Morgan fingerprint density at radius 1 is 1.17 bits per heavy atom. The Labute approximate surface area is 110 Å². The Bertz CT molecular complexity index is 670. The number of hydrogen-bond acceptors (Lipinski definition) is 4. The van der Waals surface area contributed by atoms with E-state index in [0.717, 1.165) is 17.2 Å². The first-order chi connectivity index (χ1) is 8.88. The lowest BCUT2D eigenvalue weighted by molar-refractivity contribution is 1.19. The molecule has 1 aromatic carbocycles. The van der Waals surface area contributed by atoms with E-state index in [4.69, 9.17) is 0 Å². The summed E-state index contributed by atoms with van der Waals surface area (Å²) in [7, 11) is 0. The molecule has 0 aliphatic heterocycles. The number of nitrogens with zero attached hydrogens (tertiary/aromatic N) is 2. The van der Waals surface area contributed by atoms with E-state index in [0.29, 0.717) is 0 Å². The van der Waals surface area contributed by atoms with Gasteiger partial charge in [-0.05, 0) is 19.1 Å². The smallest absolute Gasteiger partial charge is 0.183 e. The predicted octanol–water partition coefficient (Wildman–Crippen LogP) is 3.79. The standard InChI is InChI=1S/C14H13N3S/c1-2-15-14-17-9-13(18-14)11-7-8-16-12-6-4-3-5-10(11)12/h3-9H,2H2,1H3,(H,15,17). The van der Waals surface area contributed by atoms with Crippen LogP contribution < -0.4 is 5.32 Å². The Hall–Kier alpha value is -1.94. The summed E-state index contributed by atoms with van der Waals surface area (Å²) in [5, 5.41) is 5.38. The Kier molecular flexibility index (Phi) is 2.94. The van der Waals surface area contributed by atoms with Crippen LogP contribution in [0, 0.1) is 0 Å². The SMILES string of the molecule is CCNc1ncc(-c2ccnc3ccccc23)s1. The average Bonchev–Trinajstić information content (AvgIpc) is 2.87. The van der Waals surface area contributed by atoms with Crippen molar-refractivity contribution in [3.8, 4) is 10.4 Å². The molecule has 0 fully saturated rings. The van der Waals surface area contributed by atoms with Gasteiger partial charge in [-0.25, -0.2) is 4.98 Å². The average molecular weight is 255 g/mol. The largest absolute Gasteiger partial charge is 0.362 e. The lowest BCUT2D eigenvalue weighted by Gasteiger charge is -2.02. The van der Waals surface area contributed by atoms with Gasteiger partial charge in [0.2, 0.25) is 0 Å². The second kappa shape index (κ2) is 4.74. The molecule has 3 aromatic rings. The zero-order chi connectivity index (χ0) is 12.4. The number of pyridine rings is 1. The highest BCUT2D eigenvalue weighted by Gasteiger charge is 2.07. The normalized spacial score (nSPS) is 10.7. The number of benzene rings is 1. The van der Waals surface area contributed by atoms with Gasteiger partial charge in [-0.3, -0.25) is 4.98 Å². The van der Waals surface area contributed by atoms with E-state index >= 15 is 0 Å². The number of para-hydroxylation sites is 1. The van der Waals surface area contributed by atoms with E-state index in [1.54, 1.807) is 11.3 Å². The second-order valence-electron chi connectivity index (χ2n) is 3.94. The van der Waals surface area contributed by atoms with Crippen molar-refractivity contribution >= 4 is 27.4 Å². The highest BCUT2D eigenvalue weighted by Crippen LogP contribution is 2.33. The van der Waals surface area contributed by atoms with Gasteiger partial charge in [-0.1, -0.05) is 29.5 Å². The topological polar surface area (TPSA) is 37.8 Å². The summed E-state index contributed by atoms with van der Waals surface area (Å²) in [6, 6.07) is 10.2. The van der Waals surface area contributed by atoms with Crippen LogP contribution in [0.25, 0.3) is 21.3 Å². The lowest BCUT2D eigenvalue weighted by atomic mass is 10.1. The third-order valence-corrected chi connectivity index (χ3v) is 3.74. The summed E-state index contributed by atoms with van der Waals surface area (Å²) in [6.07, 6.45) is 3.77. The highest BCUT2D eigenvalue weighted by molar-refractivity contribution is 7.19. The van der Waals surface area contributed by atoms with Gasteiger partial charge in [0.1, 0.15) is 0 Å². The van der Waals surface area contributed by atoms with Gasteiger partial charge in [0.05, 0.1) is 10.4 Å². The first-order valence-electron chi connectivity index (χ1n) is 5.92. The van der Waals surface area contributed by atoms with Crippen LogP contribution in [0.2, 0.25) is 0 Å². The quantitative estimate of drug-likeness (QED) is 0.773. The van der Waals surface area contributed by atoms with Crippen LogP contribution in [0.1, 0.15) is 6.92 Å². The minimum Gasteiger partial charge on any atom is -0.362 e. The summed E-state index contributed by atoms with van der Waals surface area (Å²) in [6.45, 7) is 2.97. The molecule has 0 atom stereocenters. The zero-order valence-corrected chi connectivity index (χ0v) is 10.9. The van der Waals surface area contributed by atoms with Crippen LogP contribution in [0.15, 0.2) is 42.7 Å². The summed E-state index contributed by atoms with van der Waals surface area (Å²) in [5.41, 5.74) is 2.22. The Balaban J connectivity index is 2.12. The second-order valence-corrected chi connectivity index (χ2v) is 4.97. The van der Waals surface area contributed by atoms with Crippen molar-refractivity contribution in [3.63, 3.8) is 0 Å². The molecule has 90 valence electrons. The summed E-state index contributed by atoms with van der Waals surface area (Å²) in [4.78, 5) is 9.93. The predicted molar refractivity (Wildman–Crippen MR) is 77.0 cm³/mol. The fourth-order valence-corrected chi connectivity index (χ4v) is 2.87. The molecule has 2 heterocycles. The summed E-state index contributed by atoms with van der Waals surface area (Å²) < 4.78 is 0. The van der Waals surface area contributed by atoms with Gasteiger partial charge in [0, 0.05) is 29.9 Å². The molecule has 0 bridgehead atoms. The molecule has 4 heteroatoms. The molecular formula is C14H13N3S. The van der Waals surface area contributed by atoms with Crippen molar-refractivity contribution in [1.29, 1.82) is 0 Å². The summed E-state index contributed by atoms with van der Waals surface area (Å²) in [5.74, 6) is 0. The van der Waals surface area contributed by atoms with E-state index in [9.17, 15) is 0 Å². The van der Waals surface area contributed by atoms with Crippen LogP contribution >= 0.6 is 11.3 Å². The highest BCUT2D eigenvalue weighted by atomic mass is 32.1. The number of nitrogens with one attached hydrogen (secondary N) is 1. The van der Waals surface area contributed by atoms with Gasteiger partial charge in [-0.15, -0.1) is 0 Å². The van der Waals surface area contributed by atoms with E-state index in [1.165, 1.54) is 15.8 Å². The van der Waals surface area contributed by atoms with Gasteiger partial charge >= 0.3 is 0 Å². The molecule has 3 nitrogen and oxygen atoms in total. The fourth-order valence-electron chi connectivity index (χ4n) is 1.94. The van der Waals surface area contributed by atoms with E-state index < -0.39 is 0 Å². The number of rotatable bonds is 3. The first kappa shape index (κ1) is 11.2. The van der Waals surface area contributed by atoms with Crippen molar-refractivity contribution in [1.82, 2.24) is 9.97 Å². The van der Waals surface area contributed by atoms with Crippen LogP contribution in [-0.2, 0) is 0 Å². The first-order valence-corrected chi connectivity index (χ1v) is 6.74. The Morgan fingerprint density at radius 2 is 2.06 bits per heavy atom. The number of aromatic nitrogens is 2. The van der Waals surface area contributed by atoms with Crippen LogP contribution in [0.3, 0.4) is 0 Å². The van der Waals surface area contributed by atoms with Crippen molar-refractivity contribution < 1.29 is 0 Å². The molecule has 0 saturated carbocycles. The molecule has 0 radical (unpaired) electrons.